The molecule has 0 atom stereocenters. The van der Waals surface area contributed by atoms with Gasteiger partial charge in [-0.2, -0.15) is 0 Å². The highest BCUT2D eigenvalue weighted by molar-refractivity contribution is 7.71. The van der Waals surface area contributed by atoms with Gasteiger partial charge in [0, 0.05) is 16.0 Å². The molecule has 0 spiro atoms. The van der Waals surface area contributed by atoms with Crippen molar-refractivity contribution in [2.24, 2.45) is 0 Å². The average molecular weight is 275 g/mol. The Kier molecular flexibility index (Phi) is 2.80. The topological polar surface area (TPSA) is 33.6 Å². The van der Waals surface area contributed by atoms with E-state index in [2.05, 4.69) is 40.5 Å². The summed E-state index contributed by atoms with van der Waals surface area (Å²) in [4.78, 5) is 10.3. The number of hydrogen-bond donors (Lipinski definition) is 1. The number of nitrogens with one attached hydrogen (secondary N) is 1. The van der Waals surface area contributed by atoms with Crippen LogP contribution in [0.5, 0.6) is 0 Å². The second-order valence-corrected chi connectivity index (χ2v) is 6.11. The van der Waals surface area contributed by atoms with Gasteiger partial charge in [0.1, 0.15) is 0 Å². The van der Waals surface area contributed by atoms with E-state index in [1.807, 2.05) is 12.3 Å². The van der Waals surface area contributed by atoms with Crippen molar-refractivity contribution in [2.75, 3.05) is 0 Å². The predicted octanol–water partition coefficient (Wildman–Crippen LogP) is 3.82. The number of nitrogens with zero attached hydrogens (tertiary/aromatic N) is 2. The van der Waals surface area contributed by atoms with Gasteiger partial charge in [-0.15, -0.1) is 11.3 Å². The first-order chi connectivity index (χ1) is 8.65. The molecule has 3 aromatic heterocycles. The zero-order valence-electron chi connectivity index (χ0n) is 10.2. The van der Waals surface area contributed by atoms with Crippen LogP contribution in [0.4, 0.5) is 0 Å². The van der Waals surface area contributed by atoms with Gasteiger partial charge < -0.3 is 4.98 Å². The highest BCUT2D eigenvalue weighted by Crippen LogP contribution is 2.20. The van der Waals surface area contributed by atoms with Crippen LogP contribution >= 0.6 is 23.6 Å². The molecule has 1 N–H and O–H groups in total. The van der Waals surface area contributed by atoms with E-state index >= 15 is 0 Å². The monoisotopic (exact) mass is 275 g/mol. The maximum atomic E-state index is 5.39. The Morgan fingerprint density at radius 2 is 2.17 bits per heavy atom. The Hall–Kier alpha value is -1.46. The molecule has 0 aromatic carbocycles. The molecule has 0 saturated carbocycles. The first-order valence-corrected chi connectivity index (χ1v) is 6.97. The lowest BCUT2D eigenvalue weighted by molar-refractivity contribution is 0.813. The Labute approximate surface area is 114 Å². The highest BCUT2D eigenvalue weighted by Gasteiger charge is 2.08. The molecule has 3 heterocycles. The molecule has 0 aliphatic carbocycles. The van der Waals surface area contributed by atoms with Crippen LogP contribution in [0.2, 0.25) is 0 Å². The molecule has 0 saturated heterocycles. The van der Waals surface area contributed by atoms with Crippen molar-refractivity contribution >= 4 is 34.7 Å². The van der Waals surface area contributed by atoms with Crippen LogP contribution < -0.4 is 0 Å². The highest BCUT2D eigenvalue weighted by atomic mass is 32.1. The van der Waals surface area contributed by atoms with E-state index in [9.17, 15) is 0 Å². The van der Waals surface area contributed by atoms with Crippen molar-refractivity contribution in [1.82, 2.24) is 14.5 Å². The van der Waals surface area contributed by atoms with Gasteiger partial charge in [-0.05, 0) is 49.8 Å². The van der Waals surface area contributed by atoms with Gasteiger partial charge in [-0.3, -0.25) is 4.57 Å². The standard InChI is InChI=1S/C13H13N3S2/c1-8-5-6-14-12-11(8)15-13(17)16(12)7-10-4-3-9(2)18-10/h3-6H,7H2,1-2H3,(H,15,17). The van der Waals surface area contributed by atoms with Crippen LogP contribution in [0, 0.1) is 18.6 Å². The van der Waals surface area contributed by atoms with E-state index in [1.165, 1.54) is 15.3 Å². The molecule has 3 rings (SSSR count). The SMILES string of the molecule is Cc1ccc(Cn2c(=S)[nH]c3c(C)ccnc32)s1. The molecule has 0 radical (unpaired) electrons. The van der Waals surface area contributed by atoms with Crippen molar-refractivity contribution < 1.29 is 0 Å². The van der Waals surface area contributed by atoms with Gasteiger partial charge in [0.15, 0.2) is 10.4 Å². The van der Waals surface area contributed by atoms with E-state index in [0.29, 0.717) is 0 Å². The van der Waals surface area contributed by atoms with E-state index in [-0.39, 0.29) is 0 Å². The second kappa shape index (κ2) is 4.33. The third-order valence-electron chi connectivity index (χ3n) is 2.98. The van der Waals surface area contributed by atoms with E-state index in [1.54, 1.807) is 11.3 Å². The molecule has 92 valence electrons. The van der Waals surface area contributed by atoms with E-state index in [4.69, 9.17) is 12.2 Å². The van der Waals surface area contributed by atoms with E-state index < -0.39 is 0 Å². The number of H-pyrrole nitrogens is 1. The van der Waals surface area contributed by atoms with Crippen LogP contribution in [0.1, 0.15) is 15.3 Å². The summed E-state index contributed by atoms with van der Waals surface area (Å²) in [6, 6.07) is 6.28. The quantitative estimate of drug-likeness (QED) is 0.721. The minimum atomic E-state index is 0.734. The molecule has 0 aliphatic rings. The number of pyridine rings is 1. The van der Waals surface area contributed by atoms with Crippen LogP contribution in [-0.4, -0.2) is 14.5 Å². The molecule has 0 fully saturated rings. The molecule has 0 unspecified atom stereocenters. The number of imidazole rings is 1. The van der Waals surface area contributed by atoms with Crippen molar-refractivity contribution in [2.45, 2.75) is 20.4 Å². The summed E-state index contributed by atoms with van der Waals surface area (Å²) < 4.78 is 2.79. The summed E-state index contributed by atoms with van der Waals surface area (Å²) in [5.41, 5.74) is 3.15. The third-order valence-corrected chi connectivity index (χ3v) is 4.29. The number of aryl methyl sites for hydroxylation is 2. The van der Waals surface area contributed by atoms with Gasteiger partial charge in [-0.1, -0.05) is 0 Å². The van der Waals surface area contributed by atoms with Crippen LogP contribution in [-0.2, 0) is 6.54 Å². The average Bonchev–Trinajstić information content (AvgIpc) is 2.87. The van der Waals surface area contributed by atoms with Gasteiger partial charge in [-0.25, -0.2) is 4.98 Å². The number of aromatic amines is 1. The minimum Gasteiger partial charge on any atom is -0.329 e. The van der Waals surface area contributed by atoms with Crippen molar-refractivity contribution in [3.63, 3.8) is 0 Å². The van der Waals surface area contributed by atoms with Gasteiger partial charge in [0.2, 0.25) is 0 Å². The fraction of sp³-hybridized carbons (Fsp3) is 0.231. The molecular weight excluding hydrogens is 262 g/mol. The molecule has 0 aliphatic heterocycles. The van der Waals surface area contributed by atoms with Gasteiger partial charge in [0.05, 0.1) is 12.1 Å². The van der Waals surface area contributed by atoms with Crippen molar-refractivity contribution in [1.29, 1.82) is 0 Å². The smallest absolute Gasteiger partial charge is 0.179 e. The summed E-state index contributed by atoms with van der Waals surface area (Å²) in [7, 11) is 0. The fourth-order valence-corrected chi connectivity index (χ4v) is 3.18. The molecule has 0 amide bonds. The van der Waals surface area contributed by atoms with Crippen molar-refractivity contribution in [3.8, 4) is 0 Å². The number of rotatable bonds is 2. The van der Waals surface area contributed by atoms with Crippen molar-refractivity contribution in [3.05, 3.63) is 44.5 Å². The molecule has 0 bridgehead atoms. The zero-order chi connectivity index (χ0) is 12.7. The number of hydrogen-bond acceptors (Lipinski definition) is 3. The van der Waals surface area contributed by atoms with Gasteiger partial charge >= 0.3 is 0 Å². The second-order valence-electron chi connectivity index (χ2n) is 4.36. The first kappa shape index (κ1) is 11.6. The predicted molar refractivity (Wildman–Crippen MR) is 77.8 cm³/mol. The van der Waals surface area contributed by atoms with E-state index in [0.717, 1.165) is 22.5 Å². The molecule has 3 nitrogen and oxygen atoms in total. The first-order valence-electron chi connectivity index (χ1n) is 5.74. The van der Waals surface area contributed by atoms with Crippen LogP contribution in [0.3, 0.4) is 0 Å². The largest absolute Gasteiger partial charge is 0.329 e. The summed E-state index contributed by atoms with van der Waals surface area (Å²) in [5, 5.41) is 0. The lowest BCUT2D eigenvalue weighted by atomic mass is 10.3. The lowest BCUT2D eigenvalue weighted by Gasteiger charge is -2.01. The maximum absolute atomic E-state index is 5.39. The minimum absolute atomic E-state index is 0.734. The number of fused-ring (bicyclic) bond motifs is 1. The van der Waals surface area contributed by atoms with Crippen LogP contribution in [0.25, 0.3) is 11.2 Å². The maximum Gasteiger partial charge on any atom is 0.179 e. The summed E-state index contributed by atoms with van der Waals surface area (Å²) >= 11 is 7.19. The lowest BCUT2D eigenvalue weighted by Crippen LogP contribution is -1.99. The van der Waals surface area contributed by atoms with Gasteiger partial charge in [0.25, 0.3) is 0 Å². The normalized spacial score (nSPS) is 11.2. The Morgan fingerprint density at radius 3 is 2.89 bits per heavy atom. The molecular formula is C13H13N3S2. The molecule has 3 aromatic rings. The number of aromatic nitrogens is 3. The zero-order valence-corrected chi connectivity index (χ0v) is 11.9. The number of thiophene rings is 1. The summed E-state index contributed by atoms with van der Waals surface area (Å²) in [6.07, 6.45) is 1.83. The third kappa shape index (κ3) is 1.89. The fourth-order valence-electron chi connectivity index (χ4n) is 2.05. The Bertz CT molecular complexity index is 764. The molecule has 18 heavy (non-hydrogen) atoms. The molecule has 5 heteroatoms. The Balaban J connectivity index is 2.14. The summed E-state index contributed by atoms with van der Waals surface area (Å²) in [6.45, 7) is 4.97. The Morgan fingerprint density at radius 1 is 1.33 bits per heavy atom. The van der Waals surface area contributed by atoms with Crippen LogP contribution in [0.15, 0.2) is 24.4 Å². The summed E-state index contributed by atoms with van der Waals surface area (Å²) in [5.74, 6) is 0.